The monoisotopic (exact) mass is 286 g/mol. The molecule has 0 amide bonds. The molecule has 5 heteroatoms. The minimum Gasteiger partial charge on any atom is -0.493 e. The van der Waals surface area contributed by atoms with Gasteiger partial charge in [0.25, 0.3) is 0 Å². The van der Waals surface area contributed by atoms with Gasteiger partial charge in [-0.3, -0.25) is 9.78 Å². The van der Waals surface area contributed by atoms with Gasteiger partial charge in [0, 0.05) is 24.0 Å². The van der Waals surface area contributed by atoms with E-state index >= 15 is 0 Å². The normalized spacial score (nSPS) is 15.8. The summed E-state index contributed by atoms with van der Waals surface area (Å²) < 4.78 is 5.76. The minimum atomic E-state index is -0.815. The number of carbonyl (C=O) groups is 1. The van der Waals surface area contributed by atoms with E-state index in [4.69, 9.17) is 4.74 Å². The maximum Gasteiger partial charge on any atom is 0.320 e. The molecule has 1 atom stereocenters. The lowest BCUT2D eigenvalue weighted by atomic mass is 10.2. The summed E-state index contributed by atoms with van der Waals surface area (Å²) in [6, 6.07) is 9.35. The van der Waals surface area contributed by atoms with Crippen LogP contribution >= 0.6 is 0 Å². The number of carboxylic acids is 1. The van der Waals surface area contributed by atoms with Crippen LogP contribution in [0.25, 0.3) is 10.9 Å². The topological polar surface area (TPSA) is 71.5 Å². The van der Waals surface area contributed by atoms with Gasteiger partial charge in [-0.2, -0.15) is 0 Å². The predicted octanol–water partition coefficient (Wildman–Crippen LogP) is 2.21. The van der Waals surface area contributed by atoms with E-state index in [0.29, 0.717) is 19.1 Å². The second-order valence-corrected chi connectivity index (χ2v) is 5.30. The van der Waals surface area contributed by atoms with Gasteiger partial charge in [0.15, 0.2) is 0 Å². The Labute approximate surface area is 123 Å². The van der Waals surface area contributed by atoms with Gasteiger partial charge in [-0.15, -0.1) is 0 Å². The van der Waals surface area contributed by atoms with Crippen LogP contribution in [0.5, 0.6) is 5.75 Å². The molecule has 1 aliphatic carbocycles. The molecule has 1 heterocycles. The van der Waals surface area contributed by atoms with Gasteiger partial charge >= 0.3 is 5.97 Å². The van der Waals surface area contributed by atoms with Gasteiger partial charge in [0.2, 0.25) is 0 Å². The number of ether oxygens (including phenoxy) is 1. The lowest BCUT2D eigenvalue weighted by molar-refractivity contribution is -0.139. The molecule has 3 rings (SSSR count). The zero-order chi connectivity index (χ0) is 14.7. The Balaban J connectivity index is 1.61. The van der Waals surface area contributed by atoms with Gasteiger partial charge in [0.05, 0.1) is 12.1 Å². The quantitative estimate of drug-likeness (QED) is 0.816. The van der Waals surface area contributed by atoms with Crippen molar-refractivity contribution in [2.75, 3.05) is 6.61 Å². The molecule has 0 spiro atoms. The molecular weight excluding hydrogens is 268 g/mol. The number of benzene rings is 1. The number of aliphatic carboxylic acids is 1. The molecule has 2 N–H and O–H groups in total. The predicted molar refractivity (Wildman–Crippen MR) is 79.4 cm³/mol. The zero-order valence-corrected chi connectivity index (χ0v) is 11.7. The molecule has 1 aliphatic rings. The average molecular weight is 286 g/mol. The van der Waals surface area contributed by atoms with Crippen molar-refractivity contribution >= 4 is 16.9 Å². The first-order valence-electron chi connectivity index (χ1n) is 7.19. The first kappa shape index (κ1) is 13.8. The first-order valence-corrected chi connectivity index (χ1v) is 7.19. The van der Waals surface area contributed by atoms with E-state index in [1.165, 1.54) is 0 Å². The van der Waals surface area contributed by atoms with Crippen molar-refractivity contribution in [1.29, 1.82) is 0 Å². The number of nitrogens with one attached hydrogen (secondary N) is 1. The van der Waals surface area contributed by atoms with Crippen LogP contribution in [0.2, 0.25) is 0 Å². The number of pyridine rings is 1. The summed E-state index contributed by atoms with van der Waals surface area (Å²) in [5.74, 6) is -0.0683. The molecule has 5 nitrogen and oxygen atoms in total. The molecule has 0 saturated heterocycles. The third-order valence-corrected chi connectivity index (χ3v) is 3.58. The molecule has 21 heavy (non-hydrogen) atoms. The largest absolute Gasteiger partial charge is 0.493 e. The van der Waals surface area contributed by atoms with Crippen molar-refractivity contribution in [3.63, 3.8) is 0 Å². The second-order valence-electron chi connectivity index (χ2n) is 5.30. The lowest BCUT2D eigenvalue weighted by Crippen LogP contribution is -2.39. The van der Waals surface area contributed by atoms with Gasteiger partial charge in [-0.05, 0) is 37.1 Å². The maximum atomic E-state index is 11.2. The average Bonchev–Trinajstić information content (AvgIpc) is 3.30. The molecule has 1 aromatic carbocycles. The van der Waals surface area contributed by atoms with Crippen LogP contribution in [0, 0.1) is 0 Å². The molecule has 2 aromatic rings. The first-order chi connectivity index (χ1) is 10.2. The van der Waals surface area contributed by atoms with E-state index in [0.717, 1.165) is 29.5 Å². The Hall–Kier alpha value is -2.14. The fourth-order valence-electron chi connectivity index (χ4n) is 2.30. The summed E-state index contributed by atoms with van der Waals surface area (Å²) in [6.07, 6.45) is 4.33. The van der Waals surface area contributed by atoms with Crippen LogP contribution in [0.15, 0.2) is 36.5 Å². The van der Waals surface area contributed by atoms with Crippen molar-refractivity contribution in [2.45, 2.75) is 31.3 Å². The molecule has 1 fully saturated rings. The van der Waals surface area contributed by atoms with Crippen molar-refractivity contribution in [1.82, 2.24) is 10.3 Å². The fraction of sp³-hybridized carbons (Fsp3) is 0.375. The van der Waals surface area contributed by atoms with E-state index in [2.05, 4.69) is 10.3 Å². The molecule has 0 radical (unpaired) electrons. The summed E-state index contributed by atoms with van der Waals surface area (Å²) in [4.78, 5) is 15.5. The van der Waals surface area contributed by atoms with Crippen molar-refractivity contribution < 1.29 is 14.6 Å². The summed E-state index contributed by atoms with van der Waals surface area (Å²) >= 11 is 0. The van der Waals surface area contributed by atoms with E-state index in [-0.39, 0.29) is 0 Å². The number of hydrogen-bond acceptors (Lipinski definition) is 4. The highest BCUT2D eigenvalue weighted by Crippen LogP contribution is 2.24. The summed E-state index contributed by atoms with van der Waals surface area (Å²) in [5, 5.41) is 13.3. The van der Waals surface area contributed by atoms with Crippen LogP contribution in [0.4, 0.5) is 0 Å². The van der Waals surface area contributed by atoms with Gasteiger partial charge < -0.3 is 15.2 Å². The Morgan fingerprint density at radius 2 is 2.24 bits per heavy atom. The third kappa shape index (κ3) is 3.49. The second kappa shape index (κ2) is 6.10. The number of nitrogens with zero attached hydrogens (tertiary/aromatic N) is 1. The van der Waals surface area contributed by atoms with E-state index < -0.39 is 12.0 Å². The number of fused-ring (bicyclic) bond motifs is 1. The van der Waals surface area contributed by atoms with Gasteiger partial charge in [0.1, 0.15) is 11.8 Å². The number of rotatable bonds is 7. The van der Waals surface area contributed by atoms with Crippen molar-refractivity contribution in [2.24, 2.45) is 0 Å². The van der Waals surface area contributed by atoms with E-state index in [1.54, 1.807) is 6.20 Å². The molecular formula is C16H18N2O3. The standard InChI is InChI=1S/C16H18N2O3/c19-16(20)14(18-11-6-7-11)8-10-21-15-5-1-4-13-12(15)3-2-9-17-13/h1-5,9,11,14,18H,6-8,10H2,(H,19,20). The van der Waals surface area contributed by atoms with Crippen LogP contribution in [-0.4, -0.2) is 34.8 Å². The Morgan fingerprint density at radius 1 is 1.38 bits per heavy atom. The highest BCUT2D eigenvalue weighted by Gasteiger charge is 2.28. The van der Waals surface area contributed by atoms with E-state index in [1.807, 2.05) is 30.3 Å². The Bertz CT molecular complexity index is 635. The smallest absolute Gasteiger partial charge is 0.320 e. The van der Waals surface area contributed by atoms with E-state index in [9.17, 15) is 9.90 Å². The van der Waals surface area contributed by atoms with Crippen LogP contribution in [-0.2, 0) is 4.79 Å². The maximum absolute atomic E-state index is 11.2. The number of hydrogen-bond donors (Lipinski definition) is 2. The summed E-state index contributed by atoms with van der Waals surface area (Å²) in [5.41, 5.74) is 0.876. The van der Waals surface area contributed by atoms with Crippen LogP contribution in [0.3, 0.4) is 0 Å². The molecule has 110 valence electrons. The highest BCUT2D eigenvalue weighted by molar-refractivity contribution is 5.84. The molecule has 1 unspecified atom stereocenters. The van der Waals surface area contributed by atoms with Crippen molar-refractivity contribution in [3.05, 3.63) is 36.5 Å². The van der Waals surface area contributed by atoms with Gasteiger partial charge in [-0.1, -0.05) is 6.07 Å². The minimum absolute atomic E-state index is 0.366. The highest BCUT2D eigenvalue weighted by atomic mass is 16.5. The molecule has 0 aliphatic heterocycles. The van der Waals surface area contributed by atoms with Gasteiger partial charge in [-0.25, -0.2) is 0 Å². The Kier molecular flexibility index (Phi) is 4.01. The molecule has 1 saturated carbocycles. The summed E-state index contributed by atoms with van der Waals surface area (Å²) in [7, 11) is 0. The SMILES string of the molecule is O=C(O)C(CCOc1cccc2ncccc12)NC1CC1. The van der Waals surface area contributed by atoms with Crippen LogP contribution in [0.1, 0.15) is 19.3 Å². The number of aromatic nitrogens is 1. The summed E-state index contributed by atoms with van der Waals surface area (Å²) in [6.45, 7) is 0.366. The fourth-order valence-corrected chi connectivity index (χ4v) is 2.30. The lowest BCUT2D eigenvalue weighted by Gasteiger charge is -2.15. The molecule has 1 aromatic heterocycles. The number of carboxylic acid groups (broad SMARTS) is 1. The van der Waals surface area contributed by atoms with Crippen LogP contribution < -0.4 is 10.1 Å². The Morgan fingerprint density at radius 3 is 3.00 bits per heavy atom. The molecule has 0 bridgehead atoms. The third-order valence-electron chi connectivity index (χ3n) is 3.58. The van der Waals surface area contributed by atoms with Crippen molar-refractivity contribution in [3.8, 4) is 5.75 Å². The zero-order valence-electron chi connectivity index (χ0n) is 11.7.